The molecule has 0 saturated carbocycles. The highest BCUT2D eigenvalue weighted by molar-refractivity contribution is 4.97. The molecule has 14 atom stereocenters. The SMILES string of the molecule is NC1[C@H](O[C@@H]2C(CO)O[C@@H](O[C@H](C(O)CO)[C@@H](O)C(N)CO)C(N)[C@@H]2O)OC(CO)[C@@H](O)[C@H]1O. The first-order valence-electron chi connectivity index (χ1n) is 10.7. The molecule has 0 bridgehead atoms. The predicted molar refractivity (Wildman–Crippen MR) is 109 cm³/mol. The van der Waals surface area contributed by atoms with Crippen molar-refractivity contribution in [1.29, 1.82) is 0 Å². The molecule has 0 aromatic carbocycles. The Morgan fingerprint density at radius 1 is 0.765 bits per heavy atom. The molecular formula is C18H37N3O13. The Hall–Kier alpha value is -0.640. The van der Waals surface area contributed by atoms with E-state index < -0.39 is 112 Å². The fourth-order valence-corrected chi connectivity index (χ4v) is 3.77. The van der Waals surface area contributed by atoms with E-state index in [9.17, 15) is 46.0 Å². The average molecular weight is 504 g/mol. The summed E-state index contributed by atoms with van der Waals surface area (Å²) >= 11 is 0. The number of hydrogen-bond donors (Lipinski definition) is 12. The molecule has 2 rings (SSSR count). The van der Waals surface area contributed by atoms with Crippen LogP contribution in [0.1, 0.15) is 0 Å². The van der Waals surface area contributed by atoms with E-state index in [0.717, 1.165) is 0 Å². The lowest BCUT2D eigenvalue weighted by molar-refractivity contribution is -0.338. The largest absolute Gasteiger partial charge is 0.395 e. The van der Waals surface area contributed by atoms with Crippen molar-refractivity contribution in [3.63, 3.8) is 0 Å². The molecule has 2 heterocycles. The van der Waals surface area contributed by atoms with Crippen LogP contribution in [-0.4, -0.2) is 158 Å². The number of ether oxygens (including phenoxy) is 4. The molecule has 0 radical (unpaired) electrons. The first-order chi connectivity index (χ1) is 16.0. The highest BCUT2D eigenvalue weighted by Gasteiger charge is 2.50. The molecule has 16 nitrogen and oxygen atoms in total. The van der Waals surface area contributed by atoms with Crippen molar-refractivity contribution in [2.24, 2.45) is 17.2 Å². The molecule has 0 amide bonds. The zero-order valence-electron chi connectivity index (χ0n) is 18.3. The third-order valence-corrected chi connectivity index (χ3v) is 5.96. The topological polar surface area (TPSA) is 297 Å². The molecule has 0 aromatic rings. The van der Waals surface area contributed by atoms with Crippen molar-refractivity contribution in [3.05, 3.63) is 0 Å². The monoisotopic (exact) mass is 503 g/mol. The molecule has 2 aliphatic rings. The molecule has 2 aliphatic heterocycles. The zero-order chi connectivity index (χ0) is 25.7. The number of aliphatic hydroxyl groups is 9. The maximum atomic E-state index is 10.8. The van der Waals surface area contributed by atoms with E-state index in [2.05, 4.69) is 0 Å². The Bertz CT molecular complexity index is 605. The summed E-state index contributed by atoms with van der Waals surface area (Å²) < 4.78 is 22.0. The third kappa shape index (κ3) is 6.37. The van der Waals surface area contributed by atoms with Crippen LogP contribution >= 0.6 is 0 Å². The first kappa shape index (κ1) is 29.6. The molecule has 16 heteroatoms. The van der Waals surface area contributed by atoms with Crippen molar-refractivity contribution < 1.29 is 64.9 Å². The normalized spacial score (nSPS) is 42.7. The van der Waals surface area contributed by atoms with Gasteiger partial charge in [0.1, 0.15) is 54.9 Å². The summed E-state index contributed by atoms with van der Waals surface area (Å²) in [7, 11) is 0. The quantitative estimate of drug-likeness (QED) is 0.124. The molecule has 15 N–H and O–H groups in total. The number of hydrogen-bond acceptors (Lipinski definition) is 16. The summed E-state index contributed by atoms with van der Waals surface area (Å²) in [6, 6.07) is -3.96. The van der Waals surface area contributed by atoms with Crippen LogP contribution in [0, 0.1) is 0 Å². The van der Waals surface area contributed by atoms with Gasteiger partial charge >= 0.3 is 0 Å². The van der Waals surface area contributed by atoms with Crippen LogP contribution in [-0.2, 0) is 18.9 Å². The lowest BCUT2D eigenvalue weighted by Crippen LogP contribution is -2.68. The summed E-state index contributed by atoms with van der Waals surface area (Å²) in [5.74, 6) is 0. The lowest BCUT2D eigenvalue weighted by Gasteiger charge is -2.47. The standard InChI is InChI=1S/C18H37N3O13/c19-5(1-22)11(27)15(6(26)2-23)33-18-10(21)14(30)16(8(4-25)32-18)34-17-9(20)13(29)12(28)7(3-24)31-17/h5-18,22-30H,1-4,19-21H2/t5?,6?,7?,8?,9?,10?,11-,12+,13-,14-,15+,16+,17-,18-/m0/s1. The molecule has 0 spiro atoms. The van der Waals surface area contributed by atoms with Crippen molar-refractivity contribution >= 4 is 0 Å². The van der Waals surface area contributed by atoms with Gasteiger partial charge in [0.2, 0.25) is 0 Å². The van der Waals surface area contributed by atoms with Gasteiger partial charge in [-0.2, -0.15) is 0 Å². The van der Waals surface area contributed by atoms with E-state index in [-0.39, 0.29) is 0 Å². The molecule has 34 heavy (non-hydrogen) atoms. The fourth-order valence-electron chi connectivity index (χ4n) is 3.77. The second-order valence-electron chi connectivity index (χ2n) is 8.37. The van der Waals surface area contributed by atoms with Crippen molar-refractivity contribution in [2.75, 3.05) is 26.4 Å². The average Bonchev–Trinajstić information content (AvgIpc) is 2.84. The summed E-state index contributed by atoms with van der Waals surface area (Å²) in [6.45, 7) is -2.93. The zero-order valence-corrected chi connectivity index (χ0v) is 18.3. The smallest absolute Gasteiger partial charge is 0.176 e. The Kier molecular flexibility index (Phi) is 11.4. The van der Waals surface area contributed by atoms with Gasteiger partial charge < -0.3 is 82.1 Å². The van der Waals surface area contributed by atoms with Crippen LogP contribution in [0.3, 0.4) is 0 Å². The maximum Gasteiger partial charge on any atom is 0.176 e. The van der Waals surface area contributed by atoms with Crippen LogP contribution in [0.2, 0.25) is 0 Å². The van der Waals surface area contributed by atoms with Crippen molar-refractivity contribution in [3.8, 4) is 0 Å². The van der Waals surface area contributed by atoms with Gasteiger partial charge in [-0.3, -0.25) is 0 Å². The second kappa shape index (κ2) is 13.1. The molecule has 0 aliphatic carbocycles. The van der Waals surface area contributed by atoms with Crippen LogP contribution in [0.15, 0.2) is 0 Å². The van der Waals surface area contributed by atoms with Gasteiger partial charge in [-0.1, -0.05) is 0 Å². The Balaban J connectivity index is 2.17. The highest BCUT2D eigenvalue weighted by atomic mass is 16.7. The number of nitrogens with two attached hydrogens (primary N) is 3. The van der Waals surface area contributed by atoms with Gasteiger partial charge in [-0.15, -0.1) is 0 Å². The van der Waals surface area contributed by atoms with E-state index in [1.807, 2.05) is 0 Å². The minimum atomic E-state index is -1.67. The Morgan fingerprint density at radius 2 is 1.32 bits per heavy atom. The van der Waals surface area contributed by atoms with Gasteiger partial charge in [0.25, 0.3) is 0 Å². The van der Waals surface area contributed by atoms with Crippen LogP contribution < -0.4 is 17.2 Å². The van der Waals surface area contributed by atoms with Gasteiger partial charge in [0, 0.05) is 0 Å². The Morgan fingerprint density at radius 3 is 1.85 bits per heavy atom. The molecule has 202 valence electrons. The molecular weight excluding hydrogens is 466 g/mol. The van der Waals surface area contributed by atoms with Crippen molar-refractivity contribution in [2.45, 2.75) is 85.6 Å². The van der Waals surface area contributed by atoms with E-state index >= 15 is 0 Å². The summed E-state index contributed by atoms with van der Waals surface area (Å²) in [4.78, 5) is 0. The van der Waals surface area contributed by atoms with Crippen LogP contribution in [0.25, 0.3) is 0 Å². The number of aliphatic hydroxyl groups excluding tert-OH is 9. The van der Waals surface area contributed by atoms with Crippen LogP contribution in [0.4, 0.5) is 0 Å². The van der Waals surface area contributed by atoms with Gasteiger partial charge in [0.15, 0.2) is 12.6 Å². The Labute approximate surface area is 195 Å². The van der Waals surface area contributed by atoms with Gasteiger partial charge in [-0.25, -0.2) is 0 Å². The van der Waals surface area contributed by atoms with Crippen LogP contribution in [0.5, 0.6) is 0 Å². The predicted octanol–water partition coefficient (Wildman–Crippen LogP) is -8.04. The van der Waals surface area contributed by atoms with E-state index in [0.29, 0.717) is 0 Å². The first-order valence-corrected chi connectivity index (χ1v) is 10.7. The fraction of sp³-hybridized carbons (Fsp3) is 1.00. The summed E-state index contributed by atoms with van der Waals surface area (Å²) in [6.07, 6.45) is -16.5. The molecule has 2 fully saturated rings. The molecule has 6 unspecified atom stereocenters. The summed E-state index contributed by atoms with van der Waals surface area (Å²) in [5.41, 5.74) is 17.4. The van der Waals surface area contributed by atoms with Gasteiger partial charge in [0.05, 0.1) is 44.6 Å². The minimum absolute atomic E-state index is 0.666. The van der Waals surface area contributed by atoms with Crippen molar-refractivity contribution in [1.82, 2.24) is 0 Å². The summed E-state index contributed by atoms with van der Waals surface area (Å²) in [5, 5.41) is 88.6. The lowest BCUT2D eigenvalue weighted by atomic mass is 9.95. The second-order valence-corrected chi connectivity index (χ2v) is 8.37. The maximum absolute atomic E-state index is 10.8. The van der Waals surface area contributed by atoms with Gasteiger partial charge in [-0.05, 0) is 0 Å². The van der Waals surface area contributed by atoms with E-state index in [1.165, 1.54) is 0 Å². The number of rotatable bonds is 11. The van der Waals surface area contributed by atoms with E-state index in [1.54, 1.807) is 0 Å². The van der Waals surface area contributed by atoms with E-state index in [4.69, 9.17) is 36.1 Å². The molecule has 0 aromatic heterocycles. The molecule has 2 saturated heterocycles. The minimum Gasteiger partial charge on any atom is -0.395 e. The highest BCUT2D eigenvalue weighted by Crippen LogP contribution is 2.29. The third-order valence-electron chi connectivity index (χ3n) is 5.96.